The van der Waals surface area contributed by atoms with E-state index in [4.69, 9.17) is 4.74 Å². The van der Waals surface area contributed by atoms with Crippen LogP contribution in [0.15, 0.2) is 60.0 Å². The van der Waals surface area contributed by atoms with E-state index in [1.54, 1.807) is 17.4 Å². The van der Waals surface area contributed by atoms with E-state index in [0.29, 0.717) is 6.54 Å². The van der Waals surface area contributed by atoms with Crippen LogP contribution >= 0.6 is 11.3 Å². The minimum atomic E-state index is -0.601. The summed E-state index contributed by atoms with van der Waals surface area (Å²) in [6.45, 7) is 2.91. The van der Waals surface area contributed by atoms with Crippen LogP contribution in [0.1, 0.15) is 38.0 Å². The first-order chi connectivity index (χ1) is 16.0. The van der Waals surface area contributed by atoms with Crippen molar-refractivity contribution in [2.45, 2.75) is 19.4 Å². The summed E-state index contributed by atoms with van der Waals surface area (Å²) in [5.41, 5.74) is 3.28. The van der Waals surface area contributed by atoms with Crippen LogP contribution in [0.4, 0.5) is 4.39 Å². The molecule has 0 aliphatic carbocycles. The molecule has 0 saturated carbocycles. The lowest BCUT2D eigenvalue weighted by Gasteiger charge is -2.37. The van der Waals surface area contributed by atoms with Gasteiger partial charge in [0.25, 0.3) is 5.91 Å². The van der Waals surface area contributed by atoms with Gasteiger partial charge in [0, 0.05) is 25.1 Å². The Kier molecular flexibility index (Phi) is 7.20. The molecule has 0 bridgehead atoms. The molecular formula is C26H27FN2O3S. The fourth-order valence-electron chi connectivity index (χ4n) is 4.21. The fraction of sp³-hybridized carbons (Fsp3) is 0.308. The zero-order valence-corrected chi connectivity index (χ0v) is 19.6. The number of hydrogen-bond acceptors (Lipinski definition) is 4. The molecule has 7 heteroatoms. The number of thiophene rings is 1. The van der Waals surface area contributed by atoms with Gasteiger partial charge in [0.1, 0.15) is 12.4 Å². The van der Waals surface area contributed by atoms with Crippen LogP contribution in [-0.2, 0) is 16.0 Å². The molecule has 2 heterocycles. The summed E-state index contributed by atoms with van der Waals surface area (Å²) in [4.78, 5) is 31.2. The number of carbonyl (C=O) groups excluding carboxylic acids is 2. The maximum absolute atomic E-state index is 14.3. The molecular weight excluding hydrogens is 439 g/mol. The molecule has 0 saturated heterocycles. The van der Waals surface area contributed by atoms with Gasteiger partial charge in [-0.05, 0) is 48.1 Å². The van der Waals surface area contributed by atoms with Gasteiger partial charge < -0.3 is 14.5 Å². The normalized spacial score (nSPS) is 15.2. The molecule has 33 heavy (non-hydrogen) atoms. The molecule has 1 aliphatic heterocycles. The van der Waals surface area contributed by atoms with Crippen LogP contribution in [0.2, 0.25) is 0 Å². The minimum Gasteiger partial charge on any atom is -0.383 e. The average Bonchev–Trinajstić information content (AvgIpc) is 3.30. The highest BCUT2D eigenvalue weighted by atomic mass is 32.1. The summed E-state index contributed by atoms with van der Waals surface area (Å²) in [7, 11) is 1.53. The van der Waals surface area contributed by atoms with Crippen LogP contribution < -0.4 is 0 Å². The second-order valence-corrected chi connectivity index (χ2v) is 9.15. The van der Waals surface area contributed by atoms with E-state index in [9.17, 15) is 14.0 Å². The molecule has 2 amide bonds. The lowest BCUT2D eigenvalue weighted by atomic mass is 9.92. The summed E-state index contributed by atoms with van der Waals surface area (Å²) in [5.74, 6) is -1.28. The minimum absolute atomic E-state index is 0.0461. The summed E-state index contributed by atoms with van der Waals surface area (Å²) >= 11 is 1.71. The third-order valence-corrected chi connectivity index (χ3v) is 6.96. The molecule has 0 spiro atoms. The first-order valence-electron chi connectivity index (χ1n) is 10.9. The van der Waals surface area contributed by atoms with Gasteiger partial charge in [-0.25, -0.2) is 4.39 Å². The number of aryl methyl sites for hydroxylation is 1. The Morgan fingerprint density at radius 1 is 1.15 bits per heavy atom. The molecule has 3 aromatic rings. The second-order valence-electron chi connectivity index (χ2n) is 8.15. The van der Waals surface area contributed by atoms with Gasteiger partial charge in [-0.15, -0.1) is 11.3 Å². The van der Waals surface area contributed by atoms with Crippen molar-refractivity contribution in [3.05, 3.63) is 92.9 Å². The Morgan fingerprint density at radius 3 is 2.64 bits per heavy atom. The zero-order valence-electron chi connectivity index (χ0n) is 18.8. The quantitative estimate of drug-likeness (QED) is 0.517. The van der Waals surface area contributed by atoms with Crippen molar-refractivity contribution in [1.29, 1.82) is 0 Å². The van der Waals surface area contributed by atoms with E-state index < -0.39 is 11.7 Å². The van der Waals surface area contributed by atoms with Gasteiger partial charge in [-0.1, -0.05) is 42.0 Å². The number of nitrogens with zero attached hydrogens (tertiary/aromatic N) is 2. The number of amides is 2. The molecule has 1 aromatic heterocycles. The van der Waals surface area contributed by atoms with E-state index in [2.05, 4.69) is 23.6 Å². The SMILES string of the molecule is COCCN(CC(=O)N1CCc2sccc2C1c1ccc(C)cc1)C(=O)c1ccccc1F. The van der Waals surface area contributed by atoms with E-state index in [1.807, 2.05) is 24.0 Å². The highest BCUT2D eigenvalue weighted by Gasteiger charge is 2.34. The molecule has 0 N–H and O–H groups in total. The van der Waals surface area contributed by atoms with Crippen LogP contribution in [0.3, 0.4) is 0 Å². The number of carbonyl (C=O) groups is 2. The van der Waals surface area contributed by atoms with Crippen molar-refractivity contribution >= 4 is 23.2 Å². The van der Waals surface area contributed by atoms with Crippen molar-refractivity contribution in [3.63, 3.8) is 0 Å². The number of ether oxygens (including phenoxy) is 1. The van der Waals surface area contributed by atoms with Crippen molar-refractivity contribution < 1.29 is 18.7 Å². The number of hydrogen-bond donors (Lipinski definition) is 0. The van der Waals surface area contributed by atoms with E-state index in [0.717, 1.165) is 23.1 Å². The maximum atomic E-state index is 14.3. The van der Waals surface area contributed by atoms with Crippen molar-refractivity contribution in [3.8, 4) is 0 Å². The van der Waals surface area contributed by atoms with E-state index in [1.165, 1.54) is 35.1 Å². The standard InChI is InChI=1S/C26H27FN2O3S/c1-18-7-9-19(10-8-18)25-21-12-16-33-23(21)11-13-29(25)24(30)17-28(14-15-32-2)26(31)20-5-3-4-6-22(20)27/h3-10,12,16,25H,11,13-15,17H2,1-2H3. The molecule has 0 radical (unpaired) electrons. The van der Waals surface area contributed by atoms with Gasteiger partial charge in [0.2, 0.25) is 5.91 Å². The van der Waals surface area contributed by atoms with Crippen LogP contribution in [0.25, 0.3) is 0 Å². The van der Waals surface area contributed by atoms with Crippen molar-refractivity contribution in [2.75, 3.05) is 33.4 Å². The highest BCUT2D eigenvalue weighted by molar-refractivity contribution is 7.10. The average molecular weight is 467 g/mol. The van der Waals surface area contributed by atoms with Gasteiger partial charge >= 0.3 is 0 Å². The number of methoxy groups -OCH3 is 1. The van der Waals surface area contributed by atoms with E-state index >= 15 is 0 Å². The second kappa shape index (κ2) is 10.3. The Hall–Kier alpha value is -3.03. The van der Waals surface area contributed by atoms with Crippen molar-refractivity contribution in [2.24, 2.45) is 0 Å². The van der Waals surface area contributed by atoms with Crippen LogP contribution in [0.5, 0.6) is 0 Å². The van der Waals surface area contributed by atoms with Gasteiger partial charge in [0.05, 0.1) is 18.2 Å². The van der Waals surface area contributed by atoms with Crippen molar-refractivity contribution in [1.82, 2.24) is 9.80 Å². The predicted molar refractivity (Wildman–Crippen MR) is 127 cm³/mol. The summed E-state index contributed by atoms with van der Waals surface area (Å²) < 4.78 is 19.4. The topological polar surface area (TPSA) is 49.9 Å². The number of halogens is 1. The number of rotatable bonds is 7. The molecule has 0 fully saturated rings. The molecule has 2 aromatic carbocycles. The first kappa shape index (κ1) is 23.1. The lowest BCUT2D eigenvalue weighted by molar-refractivity contribution is -0.134. The molecule has 1 atom stereocenters. The van der Waals surface area contributed by atoms with Gasteiger partial charge in [-0.2, -0.15) is 0 Å². The molecule has 172 valence electrons. The predicted octanol–water partition coefficient (Wildman–Crippen LogP) is 4.46. The molecule has 4 rings (SSSR count). The number of benzene rings is 2. The molecule has 5 nitrogen and oxygen atoms in total. The first-order valence-corrected chi connectivity index (χ1v) is 11.8. The zero-order chi connectivity index (χ0) is 23.4. The monoisotopic (exact) mass is 466 g/mol. The Balaban J connectivity index is 1.62. The maximum Gasteiger partial charge on any atom is 0.257 e. The summed E-state index contributed by atoms with van der Waals surface area (Å²) in [6, 6.07) is 15.9. The largest absolute Gasteiger partial charge is 0.383 e. The van der Waals surface area contributed by atoms with E-state index in [-0.39, 0.29) is 37.2 Å². The Labute approximate surface area is 197 Å². The Bertz CT molecular complexity index is 1130. The number of fused-ring (bicyclic) bond motifs is 1. The van der Waals surface area contributed by atoms with Crippen LogP contribution in [0, 0.1) is 12.7 Å². The third kappa shape index (κ3) is 4.99. The lowest BCUT2D eigenvalue weighted by Crippen LogP contribution is -2.47. The van der Waals surface area contributed by atoms with Crippen LogP contribution in [-0.4, -0.2) is 55.0 Å². The molecule has 1 unspecified atom stereocenters. The summed E-state index contributed by atoms with van der Waals surface area (Å²) in [5, 5.41) is 2.06. The molecule has 1 aliphatic rings. The Morgan fingerprint density at radius 2 is 1.91 bits per heavy atom. The fourth-order valence-corrected chi connectivity index (χ4v) is 5.11. The third-order valence-electron chi connectivity index (χ3n) is 5.96. The summed E-state index contributed by atoms with van der Waals surface area (Å²) in [6.07, 6.45) is 0.778. The smallest absolute Gasteiger partial charge is 0.257 e. The van der Waals surface area contributed by atoms with Gasteiger partial charge in [-0.3, -0.25) is 9.59 Å². The van der Waals surface area contributed by atoms with Gasteiger partial charge in [0.15, 0.2) is 0 Å². The highest BCUT2D eigenvalue weighted by Crippen LogP contribution is 2.38.